The number of nitrogens with zero attached hydrogens (tertiary/aromatic N) is 2. The Morgan fingerprint density at radius 3 is 2.84 bits per heavy atom. The molecule has 19 heavy (non-hydrogen) atoms. The van der Waals surface area contributed by atoms with Crippen LogP contribution in [0.3, 0.4) is 0 Å². The summed E-state index contributed by atoms with van der Waals surface area (Å²) in [5.41, 5.74) is -0.197. The standard InChI is InChI=1S/C13H7FN2O3/c14-11-5-9(1-2-10(11)13(17)18)19-12-7-16-4-3-8(12)6-15/h1-5,7H,(H,17,18). The van der Waals surface area contributed by atoms with Crippen LogP contribution in [0, 0.1) is 17.1 Å². The molecule has 0 spiro atoms. The molecule has 2 aromatic rings. The number of carboxylic acid groups (broad SMARTS) is 1. The number of carbonyl (C=O) groups is 1. The van der Waals surface area contributed by atoms with E-state index in [1.807, 2.05) is 6.07 Å². The Labute approximate surface area is 107 Å². The van der Waals surface area contributed by atoms with Gasteiger partial charge in [-0.25, -0.2) is 9.18 Å². The van der Waals surface area contributed by atoms with Crippen LogP contribution in [0.4, 0.5) is 4.39 Å². The fourth-order valence-corrected chi connectivity index (χ4v) is 1.41. The lowest BCUT2D eigenvalue weighted by atomic mass is 10.2. The highest BCUT2D eigenvalue weighted by Crippen LogP contribution is 2.25. The Morgan fingerprint density at radius 2 is 2.21 bits per heavy atom. The van der Waals surface area contributed by atoms with Crippen LogP contribution >= 0.6 is 0 Å². The van der Waals surface area contributed by atoms with Gasteiger partial charge in [0.05, 0.1) is 17.3 Å². The van der Waals surface area contributed by atoms with Crippen molar-refractivity contribution >= 4 is 5.97 Å². The van der Waals surface area contributed by atoms with Crippen LogP contribution in [0.15, 0.2) is 36.7 Å². The molecule has 0 saturated heterocycles. The molecule has 0 unspecified atom stereocenters. The molecule has 0 atom stereocenters. The Bertz CT molecular complexity index is 680. The fraction of sp³-hybridized carbons (Fsp3) is 0. The molecule has 1 aromatic carbocycles. The van der Waals surface area contributed by atoms with Crippen molar-refractivity contribution in [3.8, 4) is 17.6 Å². The van der Waals surface area contributed by atoms with Crippen molar-refractivity contribution in [1.29, 1.82) is 5.26 Å². The number of carboxylic acids is 1. The molecule has 6 heteroatoms. The summed E-state index contributed by atoms with van der Waals surface area (Å²) in [4.78, 5) is 14.5. The van der Waals surface area contributed by atoms with Gasteiger partial charge in [0, 0.05) is 12.3 Å². The van der Waals surface area contributed by atoms with Gasteiger partial charge >= 0.3 is 5.97 Å². The molecule has 1 aromatic heterocycles. The van der Waals surface area contributed by atoms with Gasteiger partial charge in [-0.15, -0.1) is 0 Å². The maximum Gasteiger partial charge on any atom is 0.338 e. The lowest BCUT2D eigenvalue weighted by molar-refractivity contribution is 0.0692. The van der Waals surface area contributed by atoms with Crippen LogP contribution < -0.4 is 4.74 Å². The molecule has 5 nitrogen and oxygen atoms in total. The molecular weight excluding hydrogens is 251 g/mol. The van der Waals surface area contributed by atoms with Gasteiger partial charge in [0.15, 0.2) is 5.75 Å². The third kappa shape index (κ3) is 2.66. The van der Waals surface area contributed by atoms with Crippen molar-refractivity contribution in [3.63, 3.8) is 0 Å². The summed E-state index contributed by atoms with van der Waals surface area (Å²) in [5, 5.41) is 17.6. The van der Waals surface area contributed by atoms with Crippen molar-refractivity contribution in [1.82, 2.24) is 4.98 Å². The Balaban J connectivity index is 2.32. The van der Waals surface area contributed by atoms with Crippen LogP contribution in [0.25, 0.3) is 0 Å². The molecule has 0 fully saturated rings. The molecule has 0 aliphatic rings. The molecule has 0 aliphatic heterocycles. The number of hydrogen-bond donors (Lipinski definition) is 1. The number of aromatic nitrogens is 1. The SMILES string of the molecule is N#Cc1ccncc1Oc1ccc(C(=O)O)c(F)c1. The average Bonchev–Trinajstić information content (AvgIpc) is 2.39. The minimum absolute atomic E-state index is 0.0898. The van der Waals surface area contributed by atoms with E-state index in [1.54, 1.807) is 0 Å². The number of ether oxygens (including phenoxy) is 1. The minimum Gasteiger partial charge on any atom is -0.478 e. The summed E-state index contributed by atoms with van der Waals surface area (Å²) in [5.74, 6) is -2.00. The van der Waals surface area contributed by atoms with Crippen LogP contribution in [-0.4, -0.2) is 16.1 Å². The van der Waals surface area contributed by atoms with Crippen LogP contribution in [0.5, 0.6) is 11.5 Å². The van der Waals surface area contributed by atoms with Gasteiger partial charge in [-0.1, -0.05) is 0 Å². The third-order valence-corrected chi connectivity index (χ3v) is 2.30. The summed E-state index contributed by atoms with van der Waals surface area (Å²) in [6, 6.07) is 6.70. The predicted molar refractivity (Wildman–Crippen MR) is 62.4 cm³/mol. The largest absolute Gasteiger partial charge is 0.478 e. The van der Waals surface area contributed by atoms with E-state index in [0.29, 0.717) is 0 Å². The van der Waals surface area contributed by atoms with Gasteiger partial charge in [-0.3, -0.25) is 4.98 Å². The highest BCUT2D eigenvalue weighted by Gasteiger charge is 2.12. The second-order valence-electron chi connectivity index (χ2n) is 3.53. The molecule has 0 radical (unpaired) electrons. The number of rotatable bonds is 3. The average molecular weight is 258 g/mol. The first-order chi connectivity index (χ1) is 9.11. The van der Waals surface area contributed by atoms with E-state index < -0.39 is 17.3 Å². The van der Waals surface area contributed by atoms with Crippen molar-refractivity contribution in [2.24, 2.45) is 0 Å². The fourth-order valence-electron chi connectivity index (χ4n) is 1.41. The predicted octanol–water partition coefficient (Wildman–Crippen LogP) is 2.58. The first-order valence-corrected chi connectivity index (χ1v) is 5.16. The molecule has 0 bridgehead atoms. The van der Waals surface area contributed by atoms with Gasteiger partial charge in [-0.05, 0) is 18.2 Å². The second kappa shape index (κ2) is 5.14. The van der Waals surface area contributed by atoms with Crippen molar-refractivity contribution < 1.29 is 19.0 Å². The Hall–Kier alpha value is -2.94. The summed E-state index contributed by atoms with van der Waals surface area (Å²) < 4.78 is 18.7. The second-order valence-corrected chi connectivity index (χ2v) is 3.53. The zero-order valence-corrected chi connectivity index (χ0v) is 9.50. The number of hydrogen-bond acceptors (Lipinski definition) is 4. The van der Waals surface area contributed by atoms with E-state index in [4.69, 9.17) is 15.1 Å². The monoisotopic (exact) mass is 258 g/mol. The van der Waals surface area contributed by atoms with Crippen molar-refractivity contribution in [2.75, 3.05) is 0 Å². The van der Waals surface area contributed by atoms with Crippen LogP contribution in [-0.2, 0) is 0 Å². The Morgan fingerprint density at radius 1 is 1.42 bits per heavy atom. The third-order valence-electron chi connectivity index (χ3n) is 2.30. The van der Waals surface area contributed by atoms with Crippen LogP contribution in [0.1, 0.15) is 15.9 Å². The maximum atomic E-state index is 13.4. The normalized spacial score (nSPS) is 9.68. The topological polar surface area (TPSA) is 83.2 Å². The van der Waals surface area contributed by atoms with Gasteiger partial charge in [0.1, 0.15) is 17.6 Å². The zero-order chi connectivity index (χ0) is 13.8. The molecule has 2 rings (SSSR count). The molecule has 0 amide bonds. The highest BCUT2D eigenvalue weighted by atomic mass is 19.1. The van der Waals surface area contributed by atoms with Crippen molar-refractivity contribution in [2.45, 2.75) is 0 Å². The number of aromatic carboxylic acids is 1. The molecule has 94 valence electrons. The van der Waals surface area contributed by atoms with E-state index in [1.165, 1.54) is 24.5 Å². The lowest BCUT2D eigenvalue weighted by Crippen LogP contribution is -2.00. The van der Waals surface area contributed by atoms with E-state index in [2.05, 4.69) is 4.98 Å². The van der Waals surface area contributed by atoms with E-state index in [0.717, 1.165) is 12.1 Å². The van der Waals surface area contributed by atoms with Crippen molar-refractivity contribution in [3.05, 3.63) is 53.6 Å². The quantitative estimate of drug-likeness (QED) is 0.914. The number of benzene rings is 1. The minimum atomic E-state index is -1.36. The Kier molecular flexibility index (Phi) is 3.39. The van der Waals surface area contributed by atoms with Crippen LogP contribution in [0.2, 0.25) is 0 Å². The number of halogens is 1. The van der Waals surface area contributed by atoms with E-state index in [-0.39, 0.29) is 17.1 Å². The number of pyridine rings is 1. The summed E-state index contributed by atoms with van der Waals surface area (Å²) >= 11 is 0. The van der Waals surface area contributed by atoms with Gasteiger partial charge in [0.2, 0.25) is 0 Å². The smallest absolute Gasteiger partial charge is 0.338 e. The molecule has 1 N–H and O–H groups in total. The van der Waals surface area contributed by atoms with E-state index >= 15 is 0 Å². The van der Waals surface area contributed by atoms with Gasteiger partial charge in [-0.2, -0.15) is 5.26 Å². The highest BCUT2D eigenvalue weighted by molar-refractivity contribution is 5.88. The van der Waals surface area contributed by atoms with E-state index in [9.17, 15) is 9.18 Å². The summed E-state index contributed by atoms with van der Waals surface area (Å²) in [6.07, 6.45) is 2.75. The summed E-state index contributed by atoms with van der Waals surface area (Å²) in [6.45, 7) is 0. The first-order valence-electron chi connectivity index (χ1n) is 5.16. The molecular formula is C13H7FN2O3. The maximum absolute atomic E-state index is 13.4. The first kappa shape index (κ1) is 12.5. The number of nitriles is 1. The molecule has 1 heterocycles. The van der Waals surface area contributed by atoms with Gasteiger partial charge < -0.3 is 9.84 Å². The van der Waals surface area contributed by atoms with Gasteiger partial charge in [0.25, 0.3) is 0 Å². The molecule has 0 saturated carbocycles. The zero-order valence-electron chi connectivity index (χ0n) is 9.50. The molecule has 0 aliphatic carbocycles. The lowest BCUT2D eigenvalue weighted by Gasteiger charge is -2.07. The summed E-state index contributed by atoms with van der Waals surface area (Å²) in [7, 11) is 0.